The van der Waals surface area contributed by atoms with Crippen LogP contribution < -0.4 is 11.5 Å². The van der Waals surface area contributed by atoms with Crippen molar-refractivity contribution in [2.24, 2.45) is 16.5 Å². The monoisotopic (exact) mass is 362 g/mol. The van der Waals surface area contributed by atoms with Crippen molar-refractivity contribution >= 4 is 23.3 Å². The molecule has 0 bridgehead atoms. The molecular weight excluding hydrogens is 344 g/mol. The van der Waals surface area contributed by atoms with E-state index in [1.54, 1.807) is 0 Å². The summed E-state index contributed by atoms with van der Waals surface area (Å²) in [5, 5.41) is 37.2. The van der Waals surface area contributed by atoms with Crippen molar-refractivity contribution in [3.63, 3.8) is 0 Å². The summed E-state index contributed by atoms with van der Waals surface area (Å²) in [7, 11) is 0. The highest BCUT2D eigenvalue weighted by Crippen LogP contribution is 2.28. The van der Waals surface area contributed by atoms with Crippen LogP contribution in [0.4, 0.5) is 0 Å². The summed E-state index contributed by atoms with van der Waals surface area (Å²) in [5.74, 6) is -0.358. The smallest absolute Gasteiger partial charge is 0.205 e. The van der Waals surface area contributed by atoms with Gasteiger partial charge in [-0.1, -0.05) is 5.21 Å². The van der Waals surface area contributed by atoms with Gasteiger partial charge >= 0.3 is 0 Å². The molecule has 0 amide bonds. The zero-order chi connectivity index (χ0) is 17.7. The second-order valence-electron chi connectivity index (χ2n) is 4.86. The number of aliphatic hydroxyl groups excluding tert-OH is 3. The molecule has 0 aromatic carbocycles. The molecule has 1 aliphatic heterocycles. The zero-order valence-electron chi connectivity index (χ0n) is 12.6. The SMILES string of the molecule is NC(N)=NCc1cn(C2=C(O)[C@H](O)C(CO)O[C@@H]2OCCCl)nn1. The average molecular weight is 363 g/mol. The highest BCUT2D eigenvalue weighted by Gasteiger charge is 2.39. The Morgan fingerprint density at radius 3 is 2.88 bits per heavy atom. The molecule has 24 heavy (non-hydrogen) atoms. The molecule has 2 rings (SSSR count). The van der Waals surface area contributed by atoms with E-state index in [0.29, 0.717) is 5.69 Å². The third-order valence-electron chi connectivity index (χ3n) is 3.15. The maximum atomic E-state index is 10.3. The summed E-state index contributed by atoms with van der Waals surface area (Å²) in [6, 6.07) is 0. The number of hydrogen-bond donors (Lipinski definition) is 5. The van der Waals surface area contributed by atoms with Gasteiger partial charge in [0.15, 0.2) is 11.7 Å². The van der Waals surface area contributed by atoms with E-state index in [1.165, 1.54) is 10.9 Å². The number of nitrogens with two attached hydrogens (primary N) is 2. The number of nitrogens with zero attached hydrogens (tertiary/aromatic N) is 4. The molecular formula is C12H19ClN6O5. The quantitative estimate of drug-likeness (QED) is 0.211. The lowest BCUT2D eigenvalue weighted by Gasteiger charge is -2.33. The summed E-state index contributed by atoms with van der Waals surface area (Å²) < 4.78 is 12.0. The highest BCUT2D eigenvalue weighted by molar-refractivity contribution is 6.17. The van der Waals surface area contributed by atoms with Gasteiger partial charge in [0.2, 0.25) is 6.29 Å². The molecule has 3 atom stereocenters. The number of ether oxygens (including phenoxy) is 2. The highest BCUT2D eigenvalue weighted by atomic mass is 35.5. The van der Waals surface area contributed by atoms with Crippen molar-refractivity contribution in [2.45, 2.75) is 25.0 Å². The maximum absolute atomic E-state index is 10.3. The van der Waals surface area contributed by atoms with Gasteiger partial charge in [-0.2, -0.15) is 0 Å². The minimum Gasteiger partial charge on any atom is -0.507 e. The van der Waals surface area contributed by atoms with Crippen LogP contribution in [0.5, 0.6) is 0 Å². The molecule has 134 valence electrons. The molecule has 1 aromatic heterocycles. The van der Waals surface area contributed by atoms with Crippen LogP contribution in [0.15, 0.2) is 16.9 Å². The summed E-state index contributed by atoms with van der Waals surface area (Å²) in [6.45, 7) is -0.300. The third-order valence-corrected chi connectivity index (χ3v) is 3.31. The summed E-state index contributed by atoms with van der Waals surface area (Å²) in [6.07, 6.45) is -2.13. The Labute approximate surface area is 142 Å². The third kappa shape index (κ3) is 4.13. The normalized spacial score (nSPS) is 24.2. The van der Waals surface area contributed by atoms with Gasteiger partial charge in [0.05, 0.1) is 26.0 Å². The molecule has 1 aliphatic rings. The number of guanidine groups is 1. The van der Waals surface area contributed by atoms with Gasteiger partial charge < -0.3 is 36.3 Å². The van der Waals surface area contributed by atoms with E-state index in [-0.39, 0.29) is 30.7 Å². The topological polar surface area (TPSA) is 174 Å². The van der Waals surface area contributed by atoms with Gasteiger partial charge in [-0.05, 0) is 0 Å². The van der Waals surface area contributed by atoms with Crippen LogP contribution in [0.25, 0.3) is 5.70 Å². The Bertz CT molecular complexity index is 617. The number of hydrogen-bond acceptors (Lipinski definition) is 8. The molecule has 2 heterocycles. The van der Waals surface area contributed by atoms with E-state index in [4.69, 9.17) is 32.5 Å². The van der Waals surface area contributed by atoms with E-state index in [2.05, 4.69) is 15.3 Å². The van der Waals surface area contributed by atoms with Crippen LogP contribution in [0.2, 0.25) is 0 Å². The molecule has 1 aromatic rings. The molecule has 11 nitrogen and oxygen atoms in total. The van der Waals surface area contributed by atoms with Crippen molar-refractivity contribution in [2.75, 3.05) is 19.1 Å². The Balaban J connectivity index is 2.31. The van der Waals surface area contributed by atoms with Gasteiger partial charge in [0.25, 0.3) is 0 Å². The van der Waals surface area contributed by atoms with Gasteiger partial charge in [-0.3, -0.25) is 0 Å². The number of aromatic nitrogens is 3. The predicted octanol–water partition coefficient (Wildman–Crippen LogP) is -1.89. The lowest BCUT2D eigenvalue weighted by Crippen LogP contribution is -2.45. The molecule has 0 saturated carbocycles. The Kier molecular flexibility index (Phi) is 6.34. The first-order valence-electron chi connectivity index (χ1n) is 6.99. The fraction of sp³-hybridized carbons (Fsp3) is 0.583. The van der Waals surface area contributed by atoms with Gasteiger partial charge in [-0.15, -0.1) is 16.7 Å². The molecule has 0 spiro atoms. The molecule has 1 unspecified atom stereocenters. The van der Waals surface area contributed by atoms with Crippen LogP contribution in [-0.4, -0.2) is 73.9 Å². The van der Waals surface area contributed by atoms with Crippen LogP contribution in [-0.2, 0) is 16.0 Å². The first-order chi connectivity index (χ1) is 11.5. The van der Waals surface area contributed by atoms with Gasteiger partial charge in [0.1, 0.15) is 23.6 Å². The Morgan fingerprint density at radius 2 is 2.25 bits per heavy atom. The lowest BCUT2D eigenvalue weighted by molar-refractivity contribution is -0.183. The molecule has 12 heteroatoms. The first-order valence-corrected chi connectivity index (χ1v) is 7.53. The van der Waals surface area contributed by atoms with Crippen molar-refractivity contribution in [1.29, 1.82) is 0 Å². The standard InChI is InChI=1S/C12H19ClN6O5/c13-1-2-23-11-8(10(22)9(21)7(5-20)24-11)19-4-6(17-18-19)3-16-12(14)15/h4,7,9,11,20-22H,1-3,5H2,(H4,14,15,16)/t7?,9-,11+/m1/s1. The average Bonchev–Trinajstić information content (AvgIpc) is 3.02. The number of aliphatic imine (C=N–C) groups is 1. The van der Waals surface area contributed by atoms with Crippen molar-refractivity contribution in [3.05, 3.63) is 17.6 Å². The summed E-state index contributed by atoms with van der Waals surface area (Å²) in [5.41, 5.74) is 10.9. The summed E-state index contributed by atoms with van der Waals surface area (Å²) >= 11 is 5.59. The molecule has 0 fully saturated rings. The van der Waals surface area contributed by atoms with E-state index < -0.39 is 30.9 Å². The van der Waals surface area contributed by atoms with Gasteiger partial charge in [-0.25, -0.2) is 9.67 Å². The number of alkyl halides is 1. The van der Waals surface area contributed by atoms with Crippen LogP contribution in [0, 0.1) is 0 Å². The number of halogens is 1. The number of rotatable bonds is 7. The van der Waals surface area contributed by atoms with Crippen LogP contribution in [0.3, 0.4) is 0 Å². The van der Waals surface area contributed by atoms with E-state index in [1.807, 2.05) is 0 Å². The lowest BCUT2D eigenvalue weighted by atomic mass is 10.1. The van der Waals surface area contributed by atoms with Crippen LogP contribution in [0.1, 0.15) is 5.69 Å². The Hall–Kier alpha value is -1.92. The molecule has 0 saturated heterocycles. The fourth-order valence-corrected chi connectivity index (χ4v) is 2.13. The second-order valence-corrected chi connectivity index (χ2v) is 5.24. The van der Waals surface area contributed by atoms with E-state index in [9.17, 15) is 15.3 Å². The predicted molar refractivity (Wildman–Crippen MR) is 83.8 cm³/mol. The fourth-order valence-electron chi connectivity index (χ4n) is 2.04. The van der Waals surface area contributed by atoms with Crippen LogP contribution >= 0.6 is 11.6 Å². The summed E-state index contributed by atoms with van der Waals surface area (Å²) in [4.78, 5) is 3.80. The second kappa shape index (κ2) is 8.26. The largest absolute Gasteiger partial charge is 0.507 e. The minimum atomic E-state index is -1.44. The zero-order valence-corrected chi connectivity index (χ0v) is 13.4. The van der Waals surface area contributed by atoms with Crippen molar-refractivity contribution in [3.8, 4) is 0 Å². The van der Waals surface area contributed by atoms with Crippen molar-refractivity contribution < 1.29 is 24.8 Å². The Morgan fingerprint density at radius 1 is 1.50 bits per heavy atom. The van der Waals surface area contributed by atoms with Gasteiger partial charge in [0, 0.05) is 5.88 Å². The minimum absolute atomic E-state index is 0.0285. The van der Waals surface area contributed by atoms with E-state index in [0.717, 1.165) is 0 Å². The maximum Gasteiger partial charge on any atom is 0.205 e. The molecule has 0 aliphatic carbocycles. The van der Waals surface area contributed by atoms with E-state index >= 15 is 0 Å². The first kappa shape index (κ1) is 18.4. The molecule has 7 N–H and O–H groups in total. The number of aliphatic hydroxyl groups is 3. The van der Waals surface area contributed by atoms with Crippen molar-refractivity contribution in [1.82, 2.24) is 15.0 Å². The molecule has 0 radical (unpaired) electrons.